The zero-order valence-corrected chi connectivity index (χ0v) is 6.12. The lowest BCUT2D eigenvalue weighted by atomic mass is 10.2. The molecule has 0 aromatic heterocycles. The number of unbranched alkanes of at least 4 members (excludes halogenated alkanes) is 2. The van der Waals surface area contributed by atoms with Crippen LogP contribution in [-0.4, -0.2) is 5.50 Å². The van der Waals surface area contributed by atoms with E-state index >= 15 is 0 Å². The van der Waals surface area contributed by atoms with Gasteiger partial charge in [-0.15, -0.1) is 11.6 Å². The summed E-state index contributed by atoms with van der Waals surface area (Å²) < 4.78 is 0. The quantitative estimate of drug-likeness (QED) is 0.357. The van der Waals surface area contributed by atoms with Gasteiger partial charge in [-0.3, -0.25) is 0 Å². The summed E-state index contributed by atoms with van der Waals surface area (Å²) in [6.07, 6.45) is 4.61. The second kappa shape index (κ2) is 5.39. The molecule has 0 rings (SSSR count). The van der Waals surface area contributed by atoms with Crippen molar-refractivity contribution in [1.82, 2.24) is 0 Å². The SMILES string of the molecule is CCCCCC(N)Cl. The van der Waals surface area contributed by atoms with Crippen molar-refractivity contribution in [2.75, 3.05) is 0 Å². The van der Waals surface area contributed by atoms with Gasteiger partial charge in [-0.1, -0.05) is 26.2 Å². The van der Waals surface area contributed by atoms with Gasteiger partial charge >= 0.3 is 0 Å². The third-order valence-corrected chi connectivity index (χ3v) is 1.30. The zero-order chi connectivity index (χ0) is 6.41. The van der Waals surface area contributed by atoms with E-state index in [1.54, 1.807) is 0 Å². The third-order valence-electron chi connectivity index (χ3n) is 1.08. The molecule has 0 radical (unpaired) electrons. The Morgan fingerprint density at radius 3 is 2.50 bits per heavy atom. The molecule has 0 saturated heterocycles. The van der Waals surface area contributed by atoms with Crippen LogP contribution in [0.4, 0.5) is 0 Å². The van der Waals surface area contributed by atoms with Gasteiger partial charge in [0, 0.05) is 0 Å². The van der Waals surface area contributed by atoms with Gasteiger partial charge in [0.1, 0.15) is 0 Å². The van der Waals surface area contributed by atoms with Crippen LogP contribution in [0.5, 0.6) is 0 Å². The van der Waals surface area contributed by atoms with Crippen LogP contribution in [0.1, 0.15) is 32.6 Å². The Bertz CT molecular complexity index is 45.8. The molecular formula is C6H14ClN. The Hall–Kier alpha value is 0.250. The molecule has 0 heterocycles. The van der Waals surface area contributed by atoms with Gasteiger partial charge in [-0.2, -0.15) is 0 Å². The third kappa shape index (κ3) is 6.25. The average molecular weight is 136 g/mol. The van der Waals surface area contributed by atoms with Crippen molar-refractivity contribution in [1.29, 1.82) is 0 Å². The van der Waals surface area contributed by atoms with Crippen LogP contribution in [-0.2, 0) is 0 Å². The number of halogens is 1. The fourth-order valence-corrected chi connectivity index (χ4v) is 0.744. The van der Waals surface area contributed by atoms with E-state index in [1.165, 1.54) is 19.3 Å². The summed E-state index contributed by atoms with van der Waals surface area (Å²) >= 11 is 5.49. The lowest BCUT2D eigenvalue weighted by Crippen LogP contribution is -2.10. The predicted molar refractivity (Wildman–Crippen MR) is 38.0 cm³/mol. The van der Waals surface area contributed by atoms with Gasteiger partial charge in [0.25, 0.3) is 0 Å². The molecule has 0 aromatic carbocycles. The molecular weight excluding hydrogens is 122 g/mol. The van der Waals surface area contributed by atoms with E-state index in [0.29, 0.717) is 0 Å². The fraction of sp³-hybridized carbons (Fsp3) is 1.00. The first-order valence-electron chi connectivity index (χ1n) is 3.17. The van der Waals surface area contributed by atoms with E-state index in [2.05, 4.69) is 6.92 Å². The van der Waals surface area contributed by atoms with Crippen molar-refractivity contribution in [3.8, 4) is 0 Å². The molecule has 1 nitrogen and oxygen atoms in total. The molecule has 0 fully saturated rings. The van der Waals surface area contributed by atoms with Crippen molar-refractivity contribution >= 4 is 11.6 Å². The maximum absolute atomic E-state index is 5.49. The minimum absolute atomic E-state index is 0.124. The van der Waals surface area contributed by atoms with Gasteiger partial charge in [-0.05, 0) is 6.42 Å². The van der Waals surface area contributed by atoms with Gasteiger partial charge in [-0.25, -0.2) is 0 Å². The smallest absolute Gasteiger partial charge is 0.0800 e. The highest BCUT2D eigenvalue weighted by Crippen LogP contribution is 2.03. The van der Waals surface area contributed by atoms with E-state index in [1.807, 2.05) is 0 Å². The van der Waals surface area contributed by atoms with E-state index in [-0.39, 0.29) is 5.50 Å². The fourth-order valence-electron chi connectivity index (χ4n) is 0.589. The Labute approximate surface area is 56.2 Å². The molecule has 1 atom stereocenters. The molecule has 0 saturated carbocycles. The molecule has 0 spiro atoms. The van der Waals surface area contributed by atoms with Crippen LogP contribution in [0.2, 0.25) is 0 Å². The van der Waals surface area contributed by atoms with Crippen LogP contribution < -0.4 is 5.73 Å². The molecule has 1 unspecified atom stereocenters. The lowest BCUT2D eigenvalue weighted by molar-refractivity contribution is 0.650. The Morgan fingerprint density at radius 2 is 2.12 bits per heavy atom. The minimum Gasteiger partial charge on any atom is -0.315 e. The first-order valence-corrected chi connectivity index (χ1v) is 3.60. The molecule has 0 bridgehead atoms. The van der Waals surface area contributed by atoms with Crippen LogP contribution in [0.25, 0.3) is 0 Å². The van der Waals surface area contributed by atoms with Crippen molar-refractivity contribution in [3.05, 3.63) is 0 Å². The largest absolute Gasteiger partial charge is 0.315 e. The molecule has 2 heteroatoms. The number of hydrogen-bond donors (Lipinski definition) is 1. The van der Waals surface area contributed by atoms with E-state index < -0.39 is 0 Å². The van der Waals surface area contributed by atoms with E-state index in [0.717, 1.165) is 6.42 Å². The molecule has 50 valence electrons. The minimum atomic E-state index is -0.124. The summed E-state index contributed by atoms with van der Waals surface area (Å²) in [5, 5.41) is 0. The van der Waals surface area contributed by atoms with Crippen LogP contribution in [0, 0.1) is 0 Å². The summed E-state index contributed by atoms with van der Waals surface area (Å²) in [6, 6.07) is 0. The molecule has 2 N–H and O–H groups in total. The van der Waals surface area contributed by atoms with Crippen LogP contribution >= 0.6 is 11.6 Å². The molecule has 0 aliphatic heterocycles. The average Bonchev–Trinajstić information content (AvgIpc) is 1.66. The van der Waals surface area contributed by atoms with E-state index in [4.69, 9.17) is 17.3 Å². The number of rotatable bonds is 4. The van der Waals surface area contributed by atoms with Crippen molar-refractivity contribution in [2.45, 2.75) is 38.1 Å². The summed E-state index contributed by atoms with van der Waals surface area (Å²) in [7, 11) is 0. The molecule has 0 amide bonds. The maximum atomic E-state index is 5.49. The second-order valence-electron chi connectivity index (χ2n) is 2.01. The monoisotopic (exact) mass is 135 g/mol. The summed E-state index contributed by atoms with van der Waals surface area (Å²) in [6.45, 7) is 2.17. The van der Waals surface area contributed by atoms with Gasteiger partial charge in [0.15, 0.2) is 0 Å². The summed E-state index contributed by atoms with van der Waals surface area (Å²) in [4.78, 5) is 0. The van der Waals surface area contributed by atoms with Crippen molar-refractivity contribution in [2.24, 2.45) is 5.73 Å². The molecule has 0 aliphatic carbocycles. The topological polar surface area (TPSA) is 26.0 Å². The number of hydrogen-bond acceptors (Lipinski definition) is 1. The van der Waals surface area contributed by atoms with Gasteiger partial charge in [0.2, 0.25) is 0 Å². The Kier molecular flexibility index (Phi) is 5.56. The Morgan fingerprint density at radius 1 is 1.50 bits per heavy atom. The highest BCUT2D eigenvalue weighted by molar-refractivity contribution is 6.20. The summed E-state index contributed by atoms with van der Waals surface area (Å²) in [5.41, 5.74) is 5.18. The van der Waals surface area contributed by atoms with Crippen molar-refractivity contribution in [3.63, 3.8) is 0 Å². The summed E-state index contributed by atoms with van der Waals surface area (Å²) in [5.74, 6) is 0. The van der Waals surface area contributed by atoms with E-state index in [9.17, 15) is 0 Å². The molecule has 0 aromatic rings. The standard InChI is InChI=1S/C6H14ClN/c1-2-3-4-5-6(7)8/h6H,2-5,8H2,1H3. The Balaban J connectivity index is 2.72. The first-order chi connectivity index (χ1) is 3.77. The van der Waals surface area contributed by atoms with Crippen LogP contribution in [0.15, 0.2) is 0 Å². The highest BCUT2D eigenvalue weighted by Gasteiger charge is 1.92. The molecule has 8 heavy (non-hydrogen) atoms. The number of alkyl halides is 1. The highest BCUT2D eigenvalue weighted by atomic mass is 35.5. The van der Waals surface area contributed by atoms with Crippen molar-refractivity contribution < 1.29 is 0 Å². The number of nitrogens with two attached hydrogens (primary N) is 1. The normalized spacial score (nSPS) is 13.9. The predicted octanol–water partition coefficient (Wildman–Crippen LogP) is 2.09. The maximum Gasteiger partial charge on any atom is 0.0800 e. The van der Waals surface area contributed by atoms with Gasteiger partial charge in [0.05, 0.1) is 5.50 Å². The lowest BCUT2D eigenvalue weighted by Gasteiger charge is -1.99. The zero-order valence-electron chi connectivity index (χ0n) is 5.36. The molecule has 0 aliphatic rings. The van der Waals surface area contributed by atoms with Crippen LogP contribution in [0.3, 0.4) is 0 Å². The van der Waals surface area contributed by atoms with Gasteiger partial charge < -0.3 is 5.73 Å². The second-order valence-corrected chi connectivity index (χ2v) is 2.57. The first kappa shape index (κ1) is 8.25.